The highest BCUT2D eigenvalue weighted by Gasteiger charge is 2.24. The molecule has 3 aromatic rings. The lowest BCUT2D eigenvalue weighted by Gasteiger charge is -2.31. The highest BCUT2D eigenvalue weighted by Crippen LogP contribution is 2.25. The first-order chi connectivity index (χ1) is 12.7. The predicted molar refractivity (Wildman–Crippen MR) is 91.7 cm³/mol. The Morgan fingerprint density at radius 1 is 1.31 bits per heavy atom. The molecule has 0 saturated carbocycles. The lowest BCUT2D eigenvalue weighted by atomic mass is 9.98. The van der Waals surface area contributed by atoms with Gasteiger partial charge in [-0.15, -0.1) is 5.10 Å². The molecule has 1 N–H and O–H groups in total. The second kappa shape index (κ2) is 6.95. The van der Waals surface area contributed by atoms with Crippen LogP contribution in [0.3, 0.4) is 0 Å². The van der Waals surface area contributed by atoms with E-state index in [1.54, 1.807) is 4.68 Å². The van der Waals surface area contributed by atoms with E-state index in [0.29, 0.717) is 24.3 Å². The molecule has 1 aromatic carbocycles. The van der Waals surface area contributed by atoms with E-state index in [1.165, 1.54) is 6.20 Å². The van der Waals surface area contributed by atoms with Gasteiger partial charge in [0.25, 0.3) is 11.8 Å². The molecule has 0 bridgehead atoms. The predicted octanol–water partition coefficient (Wildman–Crippen LogP) is 1.94. The number of nitrogens with zero attached hydrogens (tertiary/aromatic N) is 6. The van der Waals surface area contributed by atoms with E-state index >= 15 is 0 Å². The van der Waals surface area contributed by atoms with Gasteiger partial charge >= 0.3 is 5.97 Å². The van der Waals surface area contributed by atoms with Crippen LogP contribution in [0.2, 0.25) is 0 Å². The van der Waals surface area contributed by atoms with Gasteiger partial charge < -0.3 is 14.5 Å². The van der Waals surface area contributed by atoms with Gasteiger partial charge in [0.05, 0.1) is 6.20 Å². The molecule has 1 aliphatic heterocycles. The minimum atomic E-state index is -1.07. The number of rotatable bonds is 5. The monoisotopic (exact) mass is 354 g/mol. The molecule has 9 heteroatoms. The van der Waals surface area contributed by atoms with Crippen molar-refractivity contribution in [1.29, 1.82) is 0 Å². The van der Waals surface area contributed by atoms with Crippen LogP contribution in [0.25, 0.3) is 11.5 Å². The Hall–Kier alpha value is -3.23. The van der Waals surface area contributed by atoms with Crippen LogP contribution < -0.4 is 4.90 Å². The fraction of sp³-hybridized carbons (Fsp3) is 0.353. The van der Waals surface area contributed by atoms with Crippen LogP contribution in [0, 0.1) is 5.92 Å². The molecule has 3 heterocycles. The summed E-state index contributed by atoms with van der Waals surface area (Å²) in [5.41, 5.74) is 0.854. The Morgan fingerprint density at radius 3 is 2.92 bits per heavy atom. The minimum Gasteiger partial charge on any atom is -0.476 e. The highest BCUT2D eigenvalue weighted by atomic mass is 16.5. The average Bonchev–Trinajstić information content (AvgIpc) is 3.32. The van der Waals surface area contributed by atoms with Crippen molar-refractivity contribution in [2.45, 2.75) is 19.4 Å². The summed E-state index contributed by atoms with van der Waals surface area (Å²) in [6, 6.07) is 9.66. The summed E-state index contributed by atoms with van der Waals surface area (Å²) >= 11 is 0. The van der Waals surface area contributed by atoms with Gasteiger partial charge in [0.1, 0.15) is 0 Å². The molecule has 26 heavy (non-hydrogen) atoms. The van der Waals surface area contributed by atoms with Crippen LogP contribution in [-0.4, -0.2) is 49.3 Å². The molecule has 1 fully saturated rings. The molecule has 1 aliphatic rings. The second-order valence-electron chi connectivity index (χ2n) is 6.35. The maximum absolute atomic E-state index is 10.9. The molecular formula is C17H18N6O3. The van der Waals surface area contributed by atoms with Gasteiger partial charge in [0, 0.05) is 25.2 Å². The SMILES string of the molecule is O=C(O)c1cn(C[C@@H]2CCCN(c3noc(-c4ccccc4)n3)C2)nn1. The number of piperidine rings is 1. The smallest absolute Gasteiger partial charge is 0.358 e. The van der Waals surface area contributed by atoms with Crippen molar-refractivity contribution in [2.75, 3.05) is 18.0 Å². The molecule has 0 amide bonds. The average molecular weight is 354 g/mol. The molecule has 9 nitrogen and oxygen atoms in total. The Morgan fingerprint density at radius 2 is 2.15 bits per heavy atom. The zero-order chi connectivity index (χ0) is 17.9. The largest absolute Gasteiger partial charge is 0.476 e. The fourth-order valence-electron chi connectivity index (χ4n) is 3.19. The number of hydrogen-bond acceptors (Lipinski definition) is 7. The first kappa shape index (κ1) is 16.2. The van der Waals surface area contributed by atoms with E-state index in [4.69, 9.17) is 9.63 Å². The van der Waals surface area contributed by atoms with E-state index in [0.717, 1.165) is 31.5 Å². The number of carboxylic acid groups (broad SMARTS) is 1. The van der Waals surface area contributed by atoms with Crippen LogP contribution in [0.4, 0.5) is 5.95 Å². The van der Waals surface area contributed by atoms with Crippen LogP contribution in [0.15, 0.2) is 41.1 Å². The molecule has 0 radical (unpaired) electrons. The van der Waals surface area contributed by atoms with E-state index in [9.17, 15) is 4.79 Å². The molecular weight excluding hydrogens is 336 g/mol. The third kappa shape index (κ3) is 3.41. The molecule has 2 aromatic heterocycles. The summed E-state index contributed by atoms with van der Waals surface area (Å²) in [6.45, 7) is 2.23. The van der Waals surface area contributed by atoms with Crippen LogP contribution in [0.5, 0.6) is 0 Å². The molecule has 1 atom stereocenters. The van der Waals surface area contributed by atoms with Crippen molar-refractivity contribution in [3.8, 4) is 11.5 Å². The van der Waals surface area contributed by atoms with Gasteiger partial charge in [0.2, 0.25) is 0 Å². The van der Waals surface area contributed by atoms with Crippen molar-refractivity contribution in [1.82, 2.24) is 25.1 Å². The van der Waals surface area contributed by atoms with E-state index in [1.807, 2.05) is 30.3 Å². The number of carboxylic acids is 1. The minimum absolute atomic E-state index is 0.0386. The summed E-state index contributed by atoms with van der Waals surface area (Å²) in [5.74, 6) is 0.330. The standard InChI is InChI=1S/C17H18N6O3/c24-16(25)14-11-23(21-19-14)10-12-5-4-8-22(9-12)17-18-15(26-20-17)13-6-2-1-3-7-13/h1-3,6-7,11-12H,4-5,8-10H2,(H,24,25)/t12-/m1/s1. The topological polar surface area (TPSA) is 110 Å². The van der Waals surface area contributed by atoms with Gasteiger partial charge in [-0.2, -0.15) is 4.98 Å². The van der Waals surface area contributed by atoms with E-state index in [-0.39, 0.29) is 5.69 Å². The Labute approximate surface area is 149 Å². The molecule has 4 rings (SSSR count). The number of benzene rings is 1. The molecule has 0 aliphatic carbocycles. The van der Waals surface area contributed by atoms with E-state index in [2.05, 4.69) is 25.4 Å². The molecule has 1 saturated heterocycles. The number of anilines is 1. The first-order valence-corrected chi connectivity index (χ1v) is 8.46. The second-order valence-corrected chi connectivity index (χ2v) is 6.35. The maximum Gasteiger partial charge on any atom is 0.358 e. The number of aromatic nitrogens is 5. The third-order valence-corrected chi connectivity index (χ3v) is 4.44. The van der Waals surface area contributed by atoms with Gasteiger partial charge in [-0.1, -0.05) is 23.4 Å². The van der Waals surface area contributed by atoms with Crippen molar-refractivity contribution < 1.29 is 14.4 Å². The summed E-state index contributed by atoms with van der Waals surface area (Å²) in [5, 5.41) is 20.6. The molecule has 0 unspecified atom stereocenters. The van der Waals surface area contributed by atoms with Crippen molar-refractivity contribution >= 4 is 11.9 Å². The van der Waals surface area contributed by atoms with Crippen LogP contribution in [-0.2, 0) is 6.54 Å². The Kier molecular flexibility index (Phi) is 4.34. The quantitative estimate of drug-likeness (QED) is 0.740. The van der Waals surface area contributed by atoms with Crippen molar-refractivity contribution in [2.24, 2.45) is 5.92 Å². The van der Waals surface area contributed by atoms with Crippen molar-refractivity contribution in [3.63, 3.8) is 0 Å². The van der Waals surface area contributed by atoms with Crippen molar-refractivity contribution in [3.05, 3.63) is 42.2 Å². The van der Waals surface area contributed by atoms with Gasteiger partial charge in [-0.3, -0.25) is 4.68 Å². The van der Waals surface area contributed by atoms with Gasteiger partial charge in [0.15, 0.2) is 5.69 Å². The fourth-order valence-corrected chi connectivity index (χ4v) is 3.19. The lowest BCUT2D eigenvalue weighted by molar-refractivity contribution is 0.0690. The third-order valence-electron chi connectivity index (χ3n) is 4.44. The van der Waals surface area contributed by atoms with Gasteiger partial charge in [-0.25, -0.2) is 4.79 Å². The summed E-state index contributed by atoms with van der Waals surface area (Å²) in [4.78, 5) is 17.5. The zero-order valence-electron chi connectivity index (χ0n) is 14.0. The summed E-state index contributed by atoms with van der Waals surface area (Å²) in [7, 11) is 0. The highest BCUT2D eigenvalue weighted by molar-refractivity contribution is 5.84. The summed E-state index contributed by atoms with van der Waals surface area (Å²) in [6.07, 6.45) is 3.49. The Bertz CT molecular complexity index is 891. The number of aromatic carboxylic acids is 1. The summed E-state index contributed by atoms with van der Waals surface area (Å²) < 4.78 is 6.98. The van der Waals surface area contributed by atoms with Gasteiger partial charge in [-0.05, 0) is 36.0 Å². The van der Waals surface area contributed by atoms with E-state index < -0.39 is 5.97 Å². The molecule has 134 valence electrons. The zero-order valence-corrected chi connectivity index (χ0v) is 14.0. The lowest BCUT2D eigenvalue weighted by Crippen LogP contribution is -2.37. The normalized spacial score (nSPS) is 17.4. The molecule has 0 spiro atoms. The number of carbonyl (C=O) groups is 1. The number of hydrogen-bond donors (Lipinski definition) is 1. The van der Waals surface area contributed by atoms with Crippen LogP contribution in [0.1, 0.15) is 23.3 Å². The first-order valence-electron chi connectivity index (χ1n) is 8.46. The maximum atomic E-state index is 10.9. The van der Waals surface area contributed by atoms with Crippen LogP contribution >= 0.6 is 0 Å². The Balaban J connectivity index is 1.43.